The SMILES string of the molecule is COC/C=C/C(=O)NCC1(C2CC2)CCN(C(=O)/C=C/c2ccn(C)c2)C1. The van der Waals surface area contributed by atoms with E-state index >= 15 is 0 Å². The number of methoxy groups -OCH3 is 1. The second-order valence-electron chi connectivity index (χ2n) is 7.67. The van der Waals surface area contributed by atoms with E-state index in [-0.39, 0.29) is 17.2 Å². The number of nitrogens with zero attached hydrogens (tertiary/aromatic N) is 2. The number of hydrogen-bond donors (Lipinski definition) is 1. The molecule has 0 radical (unpaired) electrons. The lowest BCUT2D eigenvalue weighted by atomic mass is 9.81. The summed E-state index contributed by atoms with van der Waals surface area (Å²) in [7, 11) is 3.56. The highest BCUT2D eigenvalue weighted by molar-refractivity contribution is 5.92. The van der Waals surface area contributed by atoms with Crippen LogP contribution in [-0.4, -0.2) is 54.6 Å². The Kier molecular flexibility index (Phi) is 6.16. The molecule has 1 aliphatic carbocycles. The van der Waals surface area contributed by atoms with Gasteiger partial charge in [-0.05, 0) is 42.9 Å². The summed E-state index contributed by atoms with van der Waals surface area (Å²) in [6.07, 6.45) is 14.0. The van der Waals surface area contributed by atoms with Crippen molar-refractivity contribution in [3.63, 3.8) is 0 Å². The van der Waals surface area contributed by atoms with Gasteiger partial charge in [-0.2, -0.15) is 0 Å². The van der Waals surface area contributed by atoms with Crippen molar-refractivity contribution in [2.75, 3.05) is 33.4 Å². The second kappa shape index (κ2) is 8.57. The topological polar surface area (TPSA) is 63.6 Å². The fraction of sp³-hybridized carbons (Fsp3) is 0.524. The molecule has 0 spiro atoms. The van der Waals surface area contributed by atoms with Crippen molar-refractivity contribution in [3.8, 4) is 0 Å². The fourth-order valence-corrected chi connectivity index (χ4v) is 3.87. The Morgan fingerprint density at radius 2 is 2.19 bits per heavy atom. The molecule has 6 nitrogen and oxygen atoms in total. The predicted molar refractivity (Wildman–Crippen MR) is 105 cm³/mol. The molecule has 2 amide bonds. The number of aryl methyl sites for hydroxylation is 1. The highest BCUT2D eigenvalue weighted by Gasteiger charge is 2.49. The van der Waals surface area contributed by atoms with Crippen molar-refractivity contribution in [2.24, 2.45) is 18.4 Å². The van der Waals surface area contributed by atoms with E-state index in [1.807, 2.05) is 41.1 Å². The third-order valence-electron chi connectivity index (χ3n) is 5.56. The summed E-state index contributed by atoms with van der Waals surface area (Å²) in [5, 5.41) is 3.03. The number of hydrogen-bond acceptors (Lipinski definition) is 3. The van der Waals surface area contributed by atoms with Crippen LogP contribution in [0.2, 0.25) is 0 Å². The van der Waals surface area contributed by atoms with Crippen LogP contribution in [0.1, 0.15) is 24.8 Å². The van der Waals surface area contributed by atoms with Crippen molar-refractivity contribution >= 4 is 17.9 Å². The molecule has 1 N–H and O–H groups in total. The maximum Gasteiger partial charge on any atom is 0.246 e. The molecule has 1 aliphatic heterocycles. The van der Waals surface area contributed by atoms with Crippen molar-refractivity contribution in [1.82, 2.24) is 14.8 Å². The Morgan fingerprint density at radius 1 is 1.37 bits per heavy atom. The number of likely N-dealkylation sites (tertiary alicyclic amines) is 1. The Hall–Kier alpha value is -2.34. The Bertz CT molecular complexity index is 733. The summed E-state index contributed by atoms with van der Waals surface area (Å²) in [6, 6.07) is 1.98. The molecule has 1 saturated heterocycles. The van der Waals surface area contributed by atoms with Crippen LogP contribution in [0, 0.1) is 11.3 Å². The largest absolute Gasteiger partial charge is 0.381 e. The van der Waals surface area contributed by atoms with Crippen LogP contribution < -0.4 is 5.32 Å². The monoisotopic (exact) mass is 371 g/mol. The van der Waals surface area contributed by atoms with Gasteiger partial charge in [0.05, 0.1) is 6.61 Å². The molecule has 0 aromatic carbocycles. The van der Waals surface area contributed by atoms with E-state index in [0.717, 1.165) is 25.1 Å². The van der Waals surface area contributed by atoms with Gasteiger partial charge in [-0.25, -0.2) is 0 Å². The van der Waals surface area contributed by atoms with Crippen molar-refractivity contribution < 1.29 is 14.3 Å². The van der Waals surface area contributed by atoms with Crippen molar-refractivity contribution in [2.45, 2.75) is 19.3 Å². The summed E-state index contributed by atoms with van der Waals surface area (Å²) in [5.74, 6) is 0.560. The van der Waals surface area contributed by atoms with Gasteiger partial charge >= 0.3 is 0 Å². The first-order valence-electron chi connectivity index (χ1n) is 9.55. The zero-order chi connectivity index (χ0) is 19.3. The lowest BCUT2D eigenvalue weighted by Crippen LogP contribution is -2.41. The Labute approximate surface area is 160 Å². The standard InChI is InChI=1S/C21H29N3O3/c1-23-11-9-17(14-23)5-8-20(26)24-12-10-21(16-24,18-6-7-18)15-22-19(25)4-3-13-27-2/h3-5,8-9,11,14,18H,6-7,10,12-13,15-16H2,1-2H3,(H,22,25)/b4-3+,8-5+. The third-order valence-corrected chi connectivity index (χ3v) is 5.56. The maximum atomic E-state index is 12.6. The first-order chi connectivity index (χ1) is 13.0. The van der Waals surface area contributed by atoms with Crippen molar-refractivity contribution in [1.29, 1.82) is 0 Å². The van der Waals surface area contributed by atoms with Gasteiger partial charge in [0, 0.05) is 63.8 Å². The van der Waals surface area contributed by atoms with Crippen LogP contribution in [0.4, 0.5) is 0 Å². The number of aromatic nitrogens is 1. The summed E-state index contributed by atoms with van der Waals surface area (Å²) in [4.78, 5) is 26.5. The smallest absolute Gasteiger partial charge is 0.246 e. The molecule has 1 atom stereocenters. The van der Waals surface area contributed by atoms with Gasteiger partial charge in [-0.15, -0.1) is 0 Å². The highest BCUT2D eigenvalue weighted by Crippen LogP contribution is 2.50. The quantitative estimate of drug-likeness (QED) is 0.711. The van der Waals surface area contributed by atoms with Crippen LogP contribution in [0.15, 0.2) is 36.7 Å². The summed E-state index contributed by atoms with van der Waals surface area (Å²) < 4.78 is 6.88. The maximum absolute atomic E-state index is 12.6. The number of carbonyl (C=O) groups excluding carboxylic acids is 2. The minimum atomic E-state index is -0.0965. The number of rotatable bonds is 8. The average Bonchev–Trinajstić information content (AvgIpc) is 3.30. The molecule has 1 aromatic rings. The van der Waals surface area contributed by atoms with E-state index in [9.17, 15) is 9.59 Å². The number of nitrogens with one attached hydrogen (secondary N) is 1. The first-order valence-corrected chi connectivity index (χ1v) is 9.55. The van der Waals surface area contributed by atoms with E-state index < -0.39 is 0 Å². The number of amides is 2. The van der Waals surface area contributed by atoms with E-state index in [0.29, 0.717) is 19.1 Å². The number of carbonyl (C=O) groups is 2. The Morgan fingerprint density at radius 3 is 2.85 bits per heavy atom. The lowest BCUT2D eigenvalue weighted by Gasteiger charge is -2.29. The van der Waals surface area contributed by atoms with E-state index in [2.05, 4.69) is 5.32 Å². The van der Waals surface area contributed by atoms with Crippen molar-refractivity contribution in [3.05, 3.63) is 42.3 Å². The lowest BCUT2D eigenvalue weighted by molar-refractivity contribution is -0.125. The molecule has 1 unspecified atom stereocenters. The normalized spacial score (nSPS) is 22.8. The van der Waals surface area contributed by atoms with Crippen LogP contribution in [0.25, 0.3) is 6.08 Å². The molecule has 2 fully saturated rings. The van der Waals surface area contributed by atoms with Gasteiger partial charge in [0.25, 0.3) is 0 Å². The van der Waals surface area contributed by atoms with Gasteiger partial charge in [0.15, 0.2) is 0 Å². The van der Waals surface area contributed by atoms with Gasteiger partial charge < -0.3 is 19.5 Å². The molecule has 0 bridgehead atoms. The summed E-state index contributed by atoms with van der Waals surface area (Å²) in [5.41, 5.74) is 1.04. The second-order valence-corrected chi connectivity index (χ2v) is 7.67. The minimum Gasteiger partial charge on any atom is -0.381 e. The molecule has 1 aromatic heterocycles. The predicted octanol–water partition coefficient (Wildman–Crippen LogP) is 1.99. The molecule has 3 rings (SSSR count). The van der Waals surface area contributed by atoms with E-state index in [1.165, 1.54) is 18.9 Å². The molecular weight excluding hydrogens is 342 g/mol. The molecule has 27 heavy (non-hydrogen) atoms. The molecule has 6 heteroatoms. The zero-order valence-electron chi connectivity index (χ0n) is 16.2. The van der Waals surface area contributed by atoms with Gasteiger partial charge in [-0.3, -0.25) is 9.59 Å². The minimum absolute atomic E-state index is 0.0149. The van der Waals surface area contributed by atoms with Crippen LogP contribution in [0.5, 0.6) is 0 Å². The molecular formula is C21H29N3O3. The number of ether oxygens (including phenoxy) is 1. The van der Waals surface area contributed by atoms with E-state index in [4.69, 9.17) is 4.74 Å². The molecule has 2 heterocycles. The van der Waals surface area contributed by atoms with Gasteiger partial charge in [0.1, 0.15) is 0 Å². The van der Waals surface area contributed by atoms with E-state index in [1.54, 1.807) is 19.3 Å². The molecule has 2 aliphatic rings. The zero-order valence-corrected chi connectivity index (χ0v) is 16.2. The molecule has 146 valence electrons. The molecule has 1 saturated carbocycles. The fourth-order valence-electron chi connectivity index (χ4n) is 3.87. The van der Waals surface area contributed by atoms with Crippen LogP contribution in [0.3, 0.4) is 0 Å². The van der Waals surface area contributed by atoms with Crippen LogP contribution >= 0.6 is 0 Å². The highest BCUT2D eigenvalue weighted by atomic mass is 16.5. The van der Waals surface area contributed by atoms with Gasteiger partial charge in [0.2, 0.25) is 11.8 Å². The summed E-state index contributed by atoms with van der Waals surface area (Å²) in [6.45, 7) is 2.53. The average molecular weight is 371 g/mol. The third kappa shape index (κ3) is 5.10. The first kappa shape index (κ1) is 19.4. The van der Waals surface area contributed by atoms with Gasteiger partial charge in [-0.1, -0.05) is 6.08 Å². The summed E-state index contributed by atoms with van der Waals surface area (Å²) >= 11 is 0. The Balaban J connectivity index is 1.56. The van der Waals surface area contributed by atoms with Crippen LogP contribution in [-0.2, 0) is 21.4 Å².